The van der Waals surface area contributed by atoms with E-state index in [1.807, 2.05) is 91.0 Å². The van der Waals surface area contributed by atoms with E-state index in [2.05, 4.69) is 95.0 Å². The first-order valence-electron chi connectivity index (χ1n) is 14.9. The topological polar surface area (TPSA) is 109 Å². The van der Waals surface area contributed by atoms with E-state index < -0.39 is 0 Å². The van der Waals surface area contributed by atoms with Crippen LogP contribution in [0, 0.1) is 24.8 Å². The smallest absolute Gasteiger partial charge is 0.0659 e. The van der Waals surface area contributed by atoms with Crippen LogP contribution in [0.4, 0.5) is 0 Å². The van der Waals surface area contributed by atoms with Crippen molar-refractivity contribution in [3.63, 3.8) is 0 Å². The predicted molar refractivity (Wildman–Crippen MR) is 191 cm³/mol. The zero-order valence-corrected chi connectivity index (χ0v) is 28.3. The van der Waals surface area contributed by atoms with Gasteiger partial charge in [0.05, 0.1) is 22.8 Å². The molecule has 0 atom stereocenters. The second-order valence-electron chi connectivity index (χ2n) is 9.74. The average Bonchev–Trinajstić information content (AvgIpc) is 4.00. The molecule has 49 heavy (non-hydrogen) atoms. The van der Waals surface area contributed by atoms with Gasteiger partial charge in [-0.05, 0) is 72.8 Å². The van der Waals surface area contributed by atoms with E-state index in [9.17, 15) is 0 Å². The molecule has 2 aliphatic rings. The van der Waals surface area contributed by atoms with Crippen LogP contribution in [0.2, 0.25) is 0 Å². The monoisotopic (exact) mass is 819 g/mol. The summed E-state index contributed by atoms with van der Waals surface area (Å²) in [4.78, 5) is 30.7. The molecule has 0 amide bonds. The number of rotatable bonds is 0. The van der Waals surface area contributed by atoms with Crippen molar-refractivity contribution >= 4 is 46.4 Å². The fourth-order valence-corrected chi connectivity index (χ4v) is 4.05. The van der Waals surface area contributed by atoms with Gasteiger partial charge in [0.25, 0.3) is 0 Å². The molecular formula is C40H30AuN8-4. The maximum atomic E-state index is 4.62. The minimum atomic E-state index is 0. The summed E-state index contributed by atoms with van der Waals surface area (Å²) in [5.41, 5.74) is 7.86. The fraction of sp³-hybridized carbons (Fsp3) is 0. The van der Waals surface area contributed by atoms with E-state index in [4.69, 9.17) is 0 Å². The van der Waals surface area contributed by atoms with Crippen LogP contribution in [0.15, 0.2) is 146 Å². The van der Waals surface area contributed by atoms with Crippen molar-refractivity contribution in [1.29, 1.82) is 0 Å². The molecule has 0 saturated carbocycles. The molecule has 9 heteroatoms. The number of aromatic amines is 2. The molecule has 2 aliphatic heterocycles. The van der Waals surface area contributed by atoms with Gasteiger partial charge in [-0.2, -0.15) is 72.8 Å². The minimum absolute atomic E-state index is 0. The SMILES string of the molecule is C1=Cc2cc3ccc(cc4ccc(cc5nc(cc1n2)C=C5)[nH]4)[nH]3.[Au].[c-]1ccccn1.[c-]1ccccn1.[c-]1ccccn1.[c-]1ccccn1. The maximum Gasteiger partial charge on any atom is 0.0659 e. The van der Waals surface area contributed by atoms with Gasteiger partial charge in [0.15, 0.2) is 0 Å². The number of pyridine rings is 4. The van der Waals surface area contributed by atoms with Crippen molar-refractivity contribution in [2.45, 2.75) is 0 Å². The van der Waals surface area contributed by atoms with Gasteiger partial charge in [-0.3, -0.25) is 0 Å². The summed E-state index contributed by atoms with van der Waals surface area (Å²) in [5.74, 6) is 0. The van der Waals surface area contributed by atoms with E-state index >= 15 is 0 Å². The fourth-order valence-electron chi connectivity index (χ4n) is 4.05. The van der Waals surface area contributed by atoms with Gasteiger partial charge in [-0.25, -0.2) is 9.97 Å². The Morgan fingerprint density at radius 1 is 0.367 bits per heavy atom. The molecule has 0 spiro atoms. The van der Waals surface area contributed by atoms with Crippen LogP contribution in [0.25, 0.3) is 46.4 Å². The molecule has 0 saturated heterocycles. The molecule has 0 fully saturated rings. The Labute approximate surface area is 301 Å². The van der Waals surface area contributed by atoms with Crippen LogP contribution in [0.1, 0.15) is 22.8 Å². The van der Waals surface area contributed by atoms with E-state index in [-0.39, 0.29) is 22.4 Å². The zero-order valence-electron chi connectivity index (χ0n) is 26.2. The van der Waals surface area contributed by atoms with Crippen LogP contribution in [0.3, 0.4) is 0 Å². The van der Waals surface area contributed by atoms with Crippen molar-refractivity contribution in [2.24, 2.45) is 0 Å². The quantitative estimate of drug-likeness (QED) is 0.118. The first-order valence-corrected chi connectivity index (χ1v) is 14.9. The minimum Gasteiger partial charge on any atom is -0.394 e. The number of aromatic nitrogens is 8. The van der Waals surface area contributed by atoms with Gasteiger partial charge < -0.3 is 29.9 Å². The largest absolute Gasteiger partial charge is 0.394 e. The standard InChI is InChI=1S/C20H14N4.4C5H4N.Au/c1-2-14-10-16-5-6-18(23-16)12-20-8-7-19(24-20)11-17-4-3-15(22-17)9-13(1)21-14;4*1-2-4-6-5-3-1;/h1-12,21-22H;4*1-4H;/q;4*-1;. The van der Waals surface area contributed by atoms with Gasteiger partial charge in [-0.1, -0.05) is 49.6 Å². The number of hydrogen-bond acceptors (Lipinski definition) is 6. The number of hydrogen-bond donors (Lipinski definition) is 2. The Morgan fingerprint density at radius 3 is 0.918 bits per heavy atom. The molecule has 1 radical (unpaired) electrons. The molecule has 0 aliphatic carbocycles. The van der Waals surface area contributed by atoms with Crippen molar-refractivity contribution in [1.82, 2.24) is 39.9 Å². The Bertz CT molecular complexity index is 1810. The molecule has 245 valence electrons. The van der Waals surface area contributed by atoms with Gasteiger partial charge in [0.2, 0.25) is 0 Å². The molecule has 0 aromatic carbocycles. The number of nitrogens with zero attached hydrogens (tertiary/aromatic N) is 6. The molecule has 2 N–H and O–H groups in total. The first-order chi connectivity index (χ1) is 23.8. The van der Waals surface area contributed by atoms with Crippen LogP contribution < -0.4 is 0 Å². The van der Waals surface area contributed by atoms with E-state index in [0.717, 1.165) is 44.8 Å². The summed E-state index contributed by atoms with van der Waals surface area (Å²) in [5, 5.41) is 0. The number of H-pyrrole nitrogens is 2. The van der Waals surface area contributed by atoms with Gasteiger partial charge in [0.1, 0.15) is 0 Å². The van der Waals surface area contributed by atoms with Gasteiger partial charge >= 0.3 is 0 Å². The van der Waals surface area contributed by atoms with Gasteiger partial charge in [-0.15, -0.1) is 0 Å². The summed E-state index contributed by atoms with van der Waals surface area (Å²) in [6.07, 6.45) is 25.4. The van der Waals surface area contributed by atoms with Crippen LogP contribution in [0.5, 0.6) is 0 Å². The second-order valence-corrected chi connectivity index (χ2v) is 9.74. The molecule has 8 nitrogen and oxygen atoms in total. The Balaban J connectivity index is 0.000000175. The Hall–Kier alpha value is -6.06. The predicted octanol–water partition coefficient (Wildman–Crippen LogP) is 8.18. The van der Waals surface area contributed by atoms with Crippen molar-refractivity contribution in [3.05, 3.63) is 194 Å². The summed E-state index contributed by atoms with van der Waals surface area (Å²) in [6, 6.07) is 38.4. The molecule has 0 unspecified atom stereocenters. The third-order valence-corrected chi connectivity index (χ3v) is 6.11. The van der Waals surface area contributed by atoms with Crippen molar-refractivity contribution in [3.8, 4) is 0 Å². The number of fused-ring (bicyclic) bond motifs is 8. The summed E-state index contributed by atoms with van der Waals surface area (Å²) in [6.45, 7) is 0. The van der Waals surface area contributed by atoms with Gasteiger partial charge in [0, 0.05) is 44.4 Å². The number of nitrogens with one attached hydrogen (secondary N) is 2. The maximum absolute atomic E-state index is 4.62. The molecular weight excluding hydrogens is 789 g/mol. The summed E-state index contributed by atoms with van der Waals surface area (Å²) < 4.78 is 0. The van der Waals surface area contributed by atoms with Crippen molar-refractivity contribution < 1.29 is 22.4 Å². The van der Waals surface area contributed by atoms with Crippen molar-refractivity contribution in [2.75, 3.05) is 0 Å². The molecule has 9 heterocycles. The van der Waals surface area contributed by atoms with E-state index in [1.165, 1.54) is 0 Å². The second kappa shape index (κ2) is 20.9. The summed E-state index contributed by atoms with van der Waals surface area (Å²) in [7, 11) is 0. The van der Waals surface area contributed by atoms with Crippen LogP contribution >= 0.6 is 0 Å². The van der Waals surface area contributed by atoms with E-state index in [1.54, 1.807) is 49.1 Å². The molecule has 7 aromatic rings. The van der Waals surface area contributed by atoms with E-state index in [0.29, 0.717) is 0 Å². The third-order valence-electron chi connectivity index (χ3n) is 6.11. The zero-order chi connectivity index (χ0) is 32.9. The summed E-state index contributed by atoms with van der Waals surface area (Å²) >= 11 is 0. The Kier molecular flexibility index (Phi) is 15.3. The Morgan fingerprint density at radius 2 is 0.673 bits per heavy atom. The third kappa shape index (κ3) is 13.7. The molecule has 7 aromatic heterocycles. The van der Waals surface area contributed by atoms with Crippen LogP contribution in [-0.4, -0.2) is 39.9 Å². The first kappa shape index (κ1) is 35.8. The normalized spacial score (nSPS) is 10.1. The molecule has 9 rings (SSSR count). The average molecular weight is 820 g/mol. The molecule has 8 bridgehead atoms. The van der Waals surface area contributed by atoms with Crippen LogP contribution in [-0.2, 0) is 22.4 Å².